The molecule has 1 amide bonds. The van der Waals surface area contributed by atoms with Gasteiger partial charge in [0.2, 0.25) is 0 Å². The molecule has 0 aliphatic heterocycles. The second kappa shape index (κ2) is 9.54. The Labute approximate surface area is 150 Å². The third kappa shape index (κ3) is 6.35. The lowest BCUT2D eigenvalue weighted by atomic mass is 10.3. The highest BCUT2D eigenvalue weighted by molar-refractivity contribution is 6.32. The van der Waals surface area contributed by atoms with Crippen molar-refractivity contribution in [3.63, 3.8) is 0 Å². The first kappa shape index (κ1) is 18.6. The van der Waals surface area contributed by atoms with Crippen molar-refractivity contribution in [3.05, 3.63) is 53.6 Å². The molecule has 0 saturated heterocycles. The number of halogens is 1. The lowest BCUT2D eigenvalue weighted by Crippen LogP contribution is -2.23. The van der Waals surface area contributed by atoms with E-state index in [0.717, 1.165) is 0 Å². The summed E-state index contributed by atoms with van der Waals surface area (Å²) < 4.78 is 15.4. The van der Waals surface area contributed by atoms with Crippen LogP contribution in [0, 0.1) is 0 Å². The van der Waals surface area contributed by atoms with Gasteiger partial charge in [0.25, 0.3) is 5.91 Å². The number of benzene rings is 2. The fourth-order valence-electron chi connectivity index (χ4n) is 1.88. The van der Waals surface area contributed by atoms with Crippen LogP contribution in [0.4, 0.5) is 5.69 Å². The van der Waals surface area contributed by atoms with E-state index in [1.807, 2.05) is 6.92 Å². The van der Waals surface area contributed by atoms with Crippen LogP contribution < -0.4 is 14.8 Å². The highest BCUT2D eigenvalue weighted by atomic mass is 35.5. The molecule has 2 aromatic rings. The zero-order chi connectivity index (χ0) is 18.1. The molecule has 0 aromatic heterocycles. The number of para-hydroxylation sites is 1. The number of carbonyl (C=O) groups excluding carboxylic acids is 2. The lowest BCUT2D eigenvalue weighted by Gasteiger charge is -2.09. The van der Waals surface area contributed by atoms with E-state index in [9.17, 15) is 9.59 Å². The van der Waals surface area contributed by atoms with Gasteiger partial charge in [0.15, 0.2) is 13.2 Å². The third-order valence-electron chi connectivity index (χ3n) is 3.00. The Kier molecular flexibility index (Phi) is 7.10. The van der Waals surface area contributed by atoms with Gasteiger partial charge in [-0.05, 0) is 43.3 Å². The highest BCUT2D eigenvalue weighted by Crippen LogP contribution is 2.22. The second-order valence-corrected chi connectivity index (χ2v) is 5.29. The van der Waals surface area contributed by atoms with Crippen molar-refractivity contribution in [2.24, 2.45) is 0 Å². The molecule has 0 unspecified atom stereocenters. The maximum atomic E-state index is 11.8. The third-order valence-corrected chi connectivity index (χ3v) is 3.31. The van der Waals surface area contributed by atoms with Crippen LogP contribution in [-0.2, 0) is 14.3 Å². The van der Waals surface area contributed by atoms with Gasteiger partial charge in [-0.15, -0.1) is 0 Å². The van der Waals surface area contributed by atoms with Gasteiger partial charge >= 0.3 is 5.97 Å². The van der Waals surface area contributed by atoms with Crippen molar-refractivity contribution in [3.8, 4) is 11.5 Å². The van der Waals surface area contributed by atoms with Gasteiger partial charge in [0, 0.05) is 5.69 Å². The smallest absolute Gasteiger partial charge is 0.344 e. The van der Waals surface area contributed by atoms with Crippen LogP contribution >= 0.6 is 11.6 Å². The zero-order valence-electron chi connectivity index (χ0n) is 13.7. The summed E-state index contributed by atoms with van der Waals surface area (Å²) in [7, 11) is 0. The fraction of sp³-hybridized carbons (Fsp3) is 0.222. The summed E-state index contributed by atoms with van der Waals surface area (Å²) in [6, 6.07) is 13.6. The summed E-state index contributed by atoms with van der Waals surface area (Å²) in [4.78, 5) is 23.4. The first-order valence-electron chi connectivity index (χ1n) is 7.64. The summed E-state index contributed by atoms with van der Waals surface area (Å²) in [6.07, 6.45) is 0. The Morgan fingerprint density at radius 2 is 1.72 bits per heavy atom. The fourth-order valence-corrected chi connectivity index (χ4v) is 2.07. The summed E-state index contributed by atoms with van der Waals surface area (Å²) in [5.74, 6) is -0.0272. The van der Waals surface area contributed by atoms with E-state index in [2.05, 4.69) is 5.32 Å². The highest BCUT2D eigenvalue weighted by Gasteiger charge is 2.10. The van der Waals surface area contributed by atoms with Crippen LogP contribution in [0.1, 0.15) is 6.92 Å². The number of amides is 1. The van der Waals surface area contributed by atoms with Crippen LogP contribution in [0.3, 0.4) is 0 Å². The van der Waals surface area contributed by atoms with Crippen LogP contribution in [0.5, 0.6) is 11.5 Å². The first-order valence-corrected chi connectivity index (χ1v) is 8.02. The van der Waals surface area contributed by atoms with E-state index < -0.39 is 18.5 Å². The van der Waals surface area contributed by atoms with Crippen LogP contribution in [0.25, 0.3) is 0 Å². The number of ether oxygens (including phenoxy) is 3. The lowest BCUT2D eigenvalue weighted by molar-refractivity contribution is -0.149. The van der Waals surface area contributed by atoms with Crippen molar-refractivity contribution >= 4 is 29.2 Å². The monoisotopic (exact) mass is 363 g/mol. The molecule has 7 heteroatoms. The van der Waals surface area contributed by atoms with Crippen LogP contribution in [0.15, 0.2) is 48.5 Å². The van der Waals surface area contributed by atoms with Gasteiger partial charge in [-0.2, -0.15) is 0 Å². The molecule has 132 valence electrons. The van der Waals surface area contributed by atoms with E-state index in [1.165, 1.54) is 0 Å². The molecule has 25 heavy (non-hydrogen) atoms. The Bertz CT molecular complexity index is 718. The molecule has 0 heterocycles. The van der Waals surface area contributed by atoms with Crippen LogP contribution in [-0.4, -0.2) is 31.7 Å². The molecular weight excluding hydrogens is 346 g/mol. The number of carbonyl (C=O) groups is 2. The van der Waals surface area contributed by atoms with Gasteiger partial charge in [0.1, 0.15) is 11.5 Å². The quantitative estimate of drug-likeness (QED) is 0.728. The molecule has 0 aliphatic carbocycles. The van der Waals surface area contributed by atoms with E-state index in [0.29, 0.717) is 28.8 Å². The maximum absolute atomic E-state index is 11.8. The molecule has 0 bridgehead atoms. The van der Waals surface area contributed by atoms with E-state index in [-0.39, 0.29) is 6.61 Å². The minimum Gasteiger partial charge on any atom is -0.494 e. The Balaban J connectivity index is 1.72. The summed E-state index contributed by atoms with van der Waals surface area (Å²) in [5, 5.41) is 3.01. The molecule has 1 N–H and O–H groups in total. The van der Waals surface area contributed by atoms with Crippen molar-refractivity contribution in [1.82, 2.24) is 0 Å². The average molecular weight is 364 g/mol. The molecule has 6 nitrogen and oxygen atoms in total. The molecule has 0 saturated carbocycles. The van der Waals surface area contributed by atoms with E-state index in [1.54, 1.807) is 48.5 Å². The van der Waals surface area contributed by atoms with Crippen LogP contribution in [0.2, 0.25) is 5.02 Å². The number of hydrogen-bond donors (Lipinski definition) is 1. The number of nitrogens with one attached hydrogen (secondary N) is 1. The van der Waals surface area contributed by atoms with Crippen molar-refractivity contribution in [1.29, 1.82) is 0 Å². The van der Waals surface area contributed by atoms with Gasteiger partial charge in [-0.1, -0.05) is 23.7 Å². The minimum absolute atomic E-state index is 0.333. The normalized spacial score (nSPS) is 10.0. The van der Waals surface area contributed by atoms with Crippen molar-refractivity contribution in [2.45, 2.75) is 6.92 Å². The summed E-state index contributed by atoms with van der Waals surface area (Å²) >= 11 is 5.91. The molecule has 0 radical (unpaired) electrons. The first-order chi connectivity index (χ1) is 12.1. The van der Waals surface area contributed by atoms with Gasteiger partial charge in [-0.25, -0.2) is 4.79 Å². The molecule has 0 fully saturated rings. The molecule has 0 aliphatic rings. The molecule has 0 spiro atoms. The van der Waals surface area contributed by atoms with Gasteiger partial charge in [0.05, 0.1) is 11.6 Å². The van der Waals surface area contributed by atoms with Crippen molar-refractivity contribution < 1.29 is 23.8 Å². The molecular formula is C18H18ClNO5. The predicted molar refractivity (Wildman–Crippen MR) is 94.1 cm³/mol. The molecule has 0 atom stereocenters. The Morgan fingerprint density at radius 3 is 2.40 bits per heavy atom. The van der Waals surface area contributed by atoms with Gasteiger partial charge in [-0.3, -0.25) is 4.79 Å². The second-order valence-electron chi connectivity index (χ2n) is 4.89. The molecule has 2 rings (SSSR count). The SMILES string of the molecule is CCOc1ccc(NC(=O)COC(=O)COc2ccccc2Cl)cc1. The molecule has 2 aromatic carbocycles. The minimum atomic E-state index is -0.665. The number of rotatable bonds is 8. The zero-order valence-corrected chi connectivity index (χ0v) is 14.4. The standard InChI is InChI=1S/C18H18ClNO5/c1-2-23-14-9-7-13(8-10-14)20-17(21)11-25-18(22)12-24-16-6-4-3-5-15(16)19/h3-10H,2,11-12H2,1H3,(H,20,21). The number of anilines is 1. The van der Waals surface area contributed by atoms with Crippen molar-refractivity contribution in [2.75, 3.05) is 25.1 Å². The predicted octanol–water partition coefficient (Wildman–Crippen LogP) is 3.30. The van der Waals surface area contributed by atoms with Gasteiger partial charge < -0.3 is 19.5 Å². The number of esters is 1. The van der Waals surface area contributed by atoms with E-state index >= 15 is 0 Å². The topological polar surface area (TPSA) is 73.9 Å². The largest absolute Gasteiger partial charge is 0.494 e. The summed E-state index contributed by atoms with van der Waals surface area (Å²) in [6.45, 7) is 1.72. The Hall–Kier alpha value is -2.73. The van der Waals surface area contributed by atoms with E-state index in [4.69, 9.17) is 25.8 Å². The number of hydrogen-bond acceptors (Lipinski definition) is 5. The maximum Gasteiger partial charge on any atom is 0.344 e. The summed E-state index contributed by atoms with van der Waals surface area (Å²) in [5.41, 5.74) is 0.580. The Morgan fingerprint density at radius 1 is 1.00 bits per heavy atom. The average Bonchev–Trinajstić information content (AvgIpc) is 2.61.